The smallest absolute Gasteiger partial charge is 0.312 e. The van der Waals surface area contributed by atoms with E-state index in [0.717, 1.165) is 0 Å². The van der Waals surface area contributed by atoms with E-state index in [2.05, 4.69) is 10.2 Å². The van der Waals surface area contributed by atoms with Gasteiger partial charge in [0.25, 0.3) is 5.56 Å². The Kier molecular flexibility index (Phi) is 4.53. The number of aromatic amines is 2. The van der Waals surface area contributed by atoms with Crippen molar-refractivity contribution >= 4 is 5.97 Å². The number of hydrogen-bond donors (Lipinski definition) is 4. The number of aliphatic hydroxyl groups is 1. The average Bonchev–Trinajstić information content (AvgIpc) is 2.94. The van der Waals surface area contributed by atoms with E-state index in [4.69, 9.17) is 9.47 Å². The minimum Gasteiger partial charge on any atom is -0.504 e. The molecule has 0 spiro atoms. The average molecular weight is 362 g/mol. The number of carbonyl (C=O) groups excluding carboxylic acids is 1. The minimum absolute atomic E-state index is 0.0454. The van der Waals surface area contributed by atoms with Gasteiger partial charge in [-0.2, -0.15) is 0 Å². The molecule has 1 aromatic heterocycles. The second kappa shape index (κ2) is 6.53. The molecule has 1 aliphatic carbocycles. The van der Waals surface area contributed by atoms with E-state index in [0.29, 0.717) is 23.4 Å². The SMILES string of the molecule is CCOc1cc([C@@H]2c3c([nH][nH]c3=O)C[C@@](C)(O)[C@H]2C(=O)OC)ccc1O. The summed E-state index contributed by atoms with van der Waals surface area (Å²) in [6, 6.07) is 4.63. The lowest BCUT2D eigenvalue weighted by Crippen LogP contribution is -2.49. The molecule has 1 aliphatic rings. The van der Waals surface area contributed by atoms with Crippen LogP contribution >= 0.6 is 0 Å². The van der Waals surface area contributed by atoms with Crippen LogP contribution in [-0.2, 0) is 16.0 Å². The van der Waals surface area contributed by atoms with Gasteiger partial charge < -0.3 is 24.8 Å². The summed E-state index contributed by atoms with van der Waals surface area (Å²) in [6.45, 7) is 3.67. The van der Waals surface area contributed by atoms with Gasteiger partial charge in [-0.3, -0.25) is 14.7 Å². The van der Waals surface area contributed by atoms with Crippen molar-refractivity contribution in [1.29, 1.82) is 0 Å². The zero-order valence-electron chi connectivity index (χ0n) is 14.8. The molecule has 26 heavy (non-hydrogen) atoms. The normalized spacial score (nSPS) is 24.8. The number of phenols is 1. The number of hydrogen-bond acceptors (Lipinski definition) is 6. The van der Waals surface area contributed by atoms with Crippen molar-refractivity contribution in [2.75, 3.05) is 13.7 Å². The summed E-state index contributed by atoms with van der Waals surface area (Å²) < 4.78 is 10.3. The minimum atomic E-state index is -1.43. The Morgan fingerprint density at radius 2 is 2.12 bits per heavy atom. The largest absolute Gasteiger partial charge is 0.504 e. The van der Waals surface area contributed by atoms with E-state index in [1.54, 1.807) is 26.0 Å². The number of methoxy groups -OCH3 is 1. The van der Waals surface area contributed by atoms with E-state index in [1.165, 1.54) is 13.2 Å². The summed E-state index contributed by atoms with van der Waals surface area (Å²) in [5.41, 5.74) is -0.316. The summed E-state index contributed by atoms with van der Waals surface area (Å²) in [6.07, 6.45) is 0.105. The Morgan fingerprint density at radius 3 is 2.77 bits per heavy atom. The maximum Gasteiger partial charge on any atom is 0.312 e. The molecule has 2 aromatic rings. The van der Waals surface area contributed by atoms with E-state index in [1.807, 2.05) is 0 Å². The third kappa shape index (κ3) is 2.86. The van der Waals surface area contributed by atoms with Crippen molar-refractivity contribution in [2.24, 2.45) is 5.92 Å². The Labute approximate surface area is 149 Å². The van der Waals surface area contributed by atoms with Gasteiger partial charge in [0.05, 0.1) is 25.2 Å². The summed E-state index contributed by atoms with van der Waals surface area (Å²) in [5.74, 6) is -2.16. The Bertz CT molecular complexity index is 882. The first-order valence-corrected chi connectivity index (χ1v) is 8.35. The molecular formula is C18H22N2O6. The van der Waals surface area contributed by atoms with Crippen LogP contribution in [0.5, 0.6) is 11.5 Å². The van der Waals surface area contributed by atoms with Gasteiger partial charge in [-0.05, 0) is 31.5 Å². The Balaban J connectivity index is 2.23. The maximum atomic E-state index is 12.5. The predicted molar refractivity (Wildman–Crippen MR) is 92.4 cm³/mol. The molecule has 8 heteroatoms. The quantitative estimate of drug-likeness (QED) is 0.602. The summed E-state index contributed by atoms with van der Waals surface area (Å²) in [7, 11) is 1.24. The number of aromatic hydroxyl groups is 1. The molecule has 0 unspecified atom stereocenters. The van der Waals surface area contributed by atoms with Crippen LogP contribution in [-0.4, -0.2) is 45.7 Å². The van der Waals surface area contributed by atoms with E-state index >= 15 is 0 Å². The standard InChI is InChI=1S/C18H22N2O6/c1-4-26-12-7-9(5-6-11(12)21)13-14-10(19-20-16(14)22)8-18(2,24)15(13)17(23)25-3/h5-7,13,15,21,24H,4,8H2,1-3H3,(H2,19,20,22)/t13-,15-,18-/m1/s1. The fourth-order valence-electron chi connectivity index (χ4n) is 3.74. The lowest BCUT2D eigenvalue weighted by molar-refractivity contribution is -0.156. The Morgan fingerprint density at radius 1 is 1.38 bits per heavy atom. The third-order valence-electron chi connectivity index (χ3n) is 4.84. The van der Waals surface area contributed by atoms with Gasteiger partial charge in [0.15, 0.2) is 11.5 Å². The molecule has 0 radical (unpaired) electrons. The third-order valence-corrected chi connectivity index (χ3v) is 4.84. The van der Waals surface area contributed by atoms with Crippen LogP contribution in [0.25, 0.3) is 0 Å². The highest BCUT2D eigenvalue weighted by molar-refractivity contribution is 5.77. The van der Waals surface area contributed by atoms with Crippen LogP contribution < -0.4 is 10.3 Å². The lowest BCUT2D eigenvalue weighted by Gasteiger charge is -2.40. The molecule has 1 heterocycles. The second-order valence-corrected chi connectivity index (χ2v) is 6.64. The van der Waals surface area contributed by atoms with Crippen LogP contribution in [0.4, 0.5) is 0 Å². The maximum absolute atomic E-state index is 12.5. The zero-order valence-corrected chi connectivity index (χ0v) is 14.8. The monoisotopic (exact) mass is 362 g/mol. The number of phenolic OH excluding ortho intramolecular Hbond substituents is 1. The number of benzene rings is 1. The molecule has 0 saturated heterocycles. The van der Waals surface area contributed by atoms with Crippen LogP contribution in [0.15, 0.2) is 23.0 Å². The number of H-pyrrole nitrogens is 2. The fourth-order valence-corrected chi connectivity index (χ4v) is 3.74. The van der Waals surface area contributed by atoms with Gasteiger partial charge in [0.2, 0.25) is 0 Å². The molecule has 3 rings (SSSR count). The van der Waals surface area contributed by atoms with Gasteiger partial charge in [0, 0.05) is 23.6 Å². The molecule has 0 aliphatic heterocycles. The highest BCUT2D eigenvalue weighted by Crippen LogP contribution is 2.45. The predicted octanol–water partition coefficient (Wildman–Crippen LogP) is 1.04. The topological polar surface area (TPSA) is 125 Å². The van der Waals surface area contributed by atoms with Crippen molar-refractivity contribution in [3.63, 3.8) is 0 Å². The number of esters is 1. The van der Waals surface area contributed by atoms with Crippen molar-refractivity contribution in [2.45, 2.75) is 31.8 Å². The van der Waals surface area contributed by atoms with Crippen molar-refractivity contribution < 1.29 is 24.5 Å². The zero-order chi connectivity index (χ0) is 19.1. The van der Waals surface area contributed by atoms with E-state index < -0.39 is 23.4 Å². The van der Waals surface area contributed by atoms with Gasteiger partial charge >= 0.3 is 5.97 Å². The first-order valence-electron chi connectivity index (χ1n) is 8.35. The molecule has 1 aromatic carbocycles. The van der Waals surface area contributed by atoms with Crippen molar-refractivity contribution in [3.05, 3.63) is 45.4 Å². The summed E-state index contributed by atoms with van der Waals surface area (Å²) >= 11 is 0. The molecule has 8 nitrogen and oxygen atoms in total. The molecule has 140 valence electrons. The molecule has 4 N–H and O–H groups in total. The molecule has 0 amide bonds. The molecule has 0 bridgehead atoms. The van der Waals surface area contributed by atoms with Crippen LogP contribution in [0, 0.1) is 5.92 Å². The number of fused-ring (bicyclic) bond motifs is 1. The number of nitrogens with one attached hydrogen (secondary N) is 2. The Hall–Kier alpha value is -2.74. The first-order chi connectivity index (χ1) is 12.3. The number of aromatic nitrogens is 2. The van der Waals surface area contributed by atoms with Gasteiger partial charge in [-0.1, -0.05) is 6.07 Å². The van der Waals surface area contributed by atoms with Crippen molar-refractivity contribution in [3.8, 4) is 11.5 Å². The van der Waals surface area contributed by atoms with Crippen molar-refractivity contribution in [1.82, 2.24) is 10.2 Å². The van der Waals surface area contributed by atoms with Crippen LogP contribution in [0.3, 0.4) is 0 Å². The van der Waals surface area contributed by atoms with Crippen LogP contribution in [0.1, 0.15) is 36.6 Å². The van der Waals surface area contributed by atoms with Gasteiger partial charge in [0.1, 0.15) is 0 Å². The second-order valence-electron chi connectivity index (χ2n) is 6.64. The summed E-state index contributed by atoms with van der Waals surface area (Å²) in [5, 5.41) is 26.2. The van der Waals surface area contributed by atoms with Crippen LogP contribution in [0.2, 0.25) is 0 Å². The lowest BCUT2D eigenvalue weighted by atomic mass is 9.66. The highest BCUT2D eigenvalue weighted by atomic mass is 16.5. The summed E-state index contributed by atoms with van der Waals surface area (Å²) in [4.78, 5) is 24.9. The van der Waals surface area contributed by atoms with E-state index in [9.17, 15) is 19.8 Å². The first kappa shape index (κ1) is 18.1. The van der Waals surface area contributed by atoms with Gasteiger partial charge in [-0.25, -0.2) is 0 Å². The highest BCUT2D eigenvalue weighted by Gasteiger charge is 2.51. The molecular weight excluding hydrogens is 340 g/mol. The molecule has 0 fully saturated rings. The van der Waals surface area contributed by atoms with E-state index in [-0.39, 0.29) is 23.5 Å². The number of ether oxygens (including phenoxy) is 2. The number of carbonyl (C=O) groups is 1. The molecule has 3 atom stereocenters. The molecule has 0 saturated carbocycles. The van der Waals surface area contributed by atoms with Gasteiger partial charge in [-0.15, -0.1) is 0 Å². The number of rotatable bonds is 4. The fraction of sp³-hybridized carbons (Fsp3) is 0.444.